The van der Waals surface area contributed by atoms with E-state index in [-0.39, 0.29) is 0 Å². The van der Waals surface area contributed by atoms with Gasteiger partial charge in [0.15, 0.2) is 0 Å². The van der Waals surface area contributed by atoms with Gasteiger partial charge in [0.25, 0.3) is 0 Å². The molecule has 0 amide bonds. The minimum absolute atomic E-state index is 0.321. The van der Waals surface area contributed by atoms with Crippen molar-refractivity contribution in [2.24, 2.45) is 5.84 Å². The van der Waals surface area contributed by atoms with Gasteiger partial charge in [-0.15, -0.1) is 6.58 Å². The maximum atomic E-state index is 5.67. The molecule has 1 aromatic carbocycles. The van der Waals surface area contributed by atoms with E-state index in [9.17, 15) is 0 Å². The lowest BCUT2D eigenvalue weighted by molar-refractivity contribution is 0.434. The molecule has 0 heterocycles. The summed E-state index contributed by atoms with van der Waals surface area (Å²) < 4.78 is 0. The Bertz CT molecular complexity index is 384. The van der Waals surface area contributed by atoms with Gasteiger partial charge in [0.1, 0.15) is 0 Å². The number of rotatable bonds is 4. The van der Waals surface area contributed by atoms with Crippen LogP contribution in [0, 0.1) is 0 Å². The van der Waals surface area contributed by atoms with Crippen LogP contribution in [0.2, 0.25) is 0 Å². The van der Waals surface area contributed by atoms with Crippen molar-refractivity contribution in [3.05, 3.63) is 47.5 Å². The van der Waals surface area contributed by atoms with Crippen LogP contribution in [0.5, 0.6) is 0 Å². The zero-order chi connectivity index (χ0) is 11.5. The summed E-state index contributed by atoms with van der Waals surface area (Å²) in [4.78, 5) is 0. The van der Waals surface area contributed by atoms with Crippen molar-refractivity contribution < 1.29 is 0 Å². The first-order chi connectivity index (χ1) is 7.72. The summed E-state index contributed by atoms with van der Waals surface area (Å²) in [7, 11) is 0. The van der Waals surface area contributed by atoms with Crippen LogP contribution in [0.15, 0.2) is 36.4 Å². The molecule has 0 saturated carbocycles. The molecule has 1 aliphatic rings. The highest BCUT2D eigenvalue weighted by Crippen LogP contribution is 2.36. The molecule has 2 nitrogen and oxygen atoms in total. The number of hydrazine groups is 1. The SMILES string of the molecule is C=C(C)CC(NN)C1CCc2ccccc21. The Hall–Kier alpha value is -1.12. The van der Waals surface area contributed by atoms with Crippen molar-refractivity contribution >= 4 is 0 Å². The minimum Gasteiger partial charge on any atom is -0.271 e. The molecule has 1 aliphatic carbocycles. The third kappa shape index (κ3) is 2.18. The fourth-order valence-corrected chi connectivity index (χ4v) is 2.70. The van der Waals surface area contributed by atoms with E-state index in [4.69, 9.17) is 5.84 Å². The Balaban J connectivity index is 2.19. The second-order valence-corrected chi connectivity index (χ2v) is 4.78. The van der Waals surface area contributed by atoms with Crippen LogP contribution < -0.4 is 11.3 Å². The van der Waals surface area contributed by atoms with E-state index in [1.54, 1.807) is 0 Å². The summed E-state index contributed by atoms with van der Waals surface area (Å²) in [5, 5.41) is 0. The van der Waals surface area contributed by atoms with Gasteiger partial charge in [0.05, 0.1) is 0 Å². The second kappa shape index (κ2) is 4.81. The zero-order valence-electron chi connectivity index (χ0n) is 9.87. The number of aryl methyl sites for hydroxylation is 1. The summed E-state index contributed by atoms with van der Waals surface area (Å²) >= 11 is 0. The van der Waals surface area contributed by atoms with Crippen molar-refractivity contribution in [2.45, 2.75) is 38.1 Å². The fourth-order valence-electron chi connectivity index (χ4n) is 2.70. The minimum atomic E-state index is 0.321. The van der Waals surface area contributed by atoms with Crippen molar-refractivity contribution in [2.75, 3.05) is 0 Å². The number of nitrogens with one attached hydrogen (secondary N) is 1. The smallest absolute Gasteiger partial charge is 0.0316 e. The first-order valence-corrected chi connectivity index (χ1v) is 5.90. The molecule has 0 aromatic heterocycles. The van der Waals surface area contributed by atoms with Crippen molar-refractivity contribution in [1.29, 1.82) is 0 Å². The van der Waals surface area contributed by atoms with Crippen LogP contribution in [-0.2, 0) is 6.42 Å². The average Bonchev–Trinajstić information content (AvgIpc) is 2.69. The quantitative estimate of drug-likeness (QED) is 0.461. The lowest BCUT2D eigenvalue weighted by Gasteiger charge is -2.23. The van der Waals surface area contributed by atoms with Gasteiger partial charge in [-0.3, -0.25) is 11.3 Å². The van der Waals surface area contributed by atoms with Crippen LogP contribution in [-0.4, -0.2) is 6.04 Å². The molecule has 0 fully saturated rings. The molecule has 0 bridgehead atoms. The van der Waals surface area contributed by atoms with Gasteiger partial charge in [-0.25, -0.2) is 0 Å². The predicted molar refractivity (Wildman–Crippen MR) is 68.0 cm³/mol. The summed E-state index contributed by atoms with van der Waals surface area (Å²) in [5.74, 6) is 6.21. The van der Waals surface area contributed by atoms with Crippen molar-refractivity contribution in [1.82, 2.24) is 5.43 Å². The Morgan fingerprint density at radius 1 is 1.56 bits per heavy atom. The zero-order valence-corrected chi connectivity index (χ0v) is 9.87. The summed E-state index contributed by atoms with van der Waals surface area (Å²) in [5.41, 5.74) is 7.09. The van der Waals surface area contributed by atoms with Crippen molar-refractivity contribution in [3.63, 3.8) is 0 Å². The van der Waals surface area contributed by atoms with Crippen LogP contribution in [0.1, 0.15) is 36.8 Å². The monoisotopic (exact) mass is 216 g/mol. The lowest BCUT2D eigenvalue weighted by atomic mass is 9.90. The summed E-state index contributed by atoms with van der Waals surface area (Å²) in [6.45, 7) is 6.04. The van der Waals surface area contributed by atoms with Crippen LogP contribution >= 0.6 is 0 Å². The van der Waals surface area contributed by atoms with E-state index in [0.717, 1.165) is 6.42 Å². The number of hydrogen-bond acceptors (Lipinski definition) is 2. The highest BCUT2D eigenvalue weighted by atomic mass is 15.2. The largest absolute Gasteiger partial charge is 0.271 e. The molecule has 1 aromatic rings. The number of benzene rings is 1. The molecule has 0 aliphatic heterocycles. The highest BCUT2D eigenvalue weighted by Gasteiger charge is 2.28. The molecule has 2 atom stereocenters. The van der Waals surface area contributed by atoms with E-state index in [1.165, 1.54) is 29.5 Å². The Kier molecular flexibility index (Phi) is 3.42. The predicted octanol–water partition coefficient (Wildman–Crippen LogP) is 2.51. The third-order valence-corrected chi connectivity index (χ3v) is 3.45. The van der Waals surface area contributed by atoms with Gasteiger partial charge < -0.3 is 0 Å². The Morgan fingerprint density at radius 2 is 2.31 bits per heavy atom. The van der Waals surface area contributed by atoms with Crippen LogP contribution in [0.3, 0.4) is 0 Å². The van der Waals surface area contributed by atoms with E-state index in [2.05, 4.69) is 43.2 Å². The maximum Gasteiger partial charge on any atom is 0.0316 e. The molecular formula is C14H20N2. The summed E-state index contributed by atoms with van der Waals surface area (Å²) in [6, 6.07) is 9.01. The molecule has 2 unspecified atom stereocenters. The third-order valence-electron chi connectivity index (χ3n) is 3.45. The summed E-state index contributed by atoms with van der Waals surface area (Å²) in [6.07, 6.45) is 3.33. The molecule has 2 heteroatoms. The van der Waals surface area contributed by atoms with Gasteiger partial charge in [-0.1, -0.05) is 29.8 Å². The highest BCUT2D eigenvalue weighted by molar-refractivity contribution is 5.36. The van der Waals surface area contributed by atoms with E-state index < -0.39 is 0 Å². The number of nitrogens with two attached hydrogens (primary N) is 1. The van der Waals surface area contributed by atoms with E-state index in [1.807, 2.05) is 0 Å². The lowest BCUT2D eigenvalue weighted by Crippen LogP contribution is -2.39. The second-order valence-electron chi connectivity index (χ2n) is 4.78. The standard InChI is InChI=1S/C14H20N2/c1-10(2)9-14(16-15)13-8-7-11-5-3-4-6-12(11)13/h3-6,13-14,16H,1,7-9,15H2,2H3. The van der Waals surface area contributed by atoms with Gasteiger partial charge in [0, 0.05) is 12.0 Å². The fraction of sp³-hybridized carbons (Fsp3) is 0.429. The topological polar surface area (TPSA) is 38.0 Å². The molecule has 0 radical (unpaired) electrons. The normalized spacial score (nSPS) is 20.5. The average molecular weight is 216 g/mol. The van der Waals surface area contributed by atoms with Crippen molar-refractivity contribution in [3.8, 4) is 0 Å². The Labute approximate surface area is 97.5 Å². The molecule has 2 rings (SSSR count). The molecule has 3 N–H and O–H groups in total. The maximum absolute atomic E-state index is 5.67. The molecular weight excluding hydrogens is 196 g/mol. The van der Waals surface area contributed by atoms with Gasteiger partial charge in [0.2, 0.25) is 0 Å². The molecule has 86 valence electrons. The van der Waals surface area contributed by atoms with Crippen LogP contribution in [0.4, 0.5) is 0 Å². The number of fused-ring (bicyclic) bond motifs is 1. The van der Waals surface area contributed by atoms with E-state index >= 15 is 0 Å². The van der Waals surface area contributed by atoms with Gasteiger partial charge in [-0.05, 0) is 37.3 Å². The van der Waals surface area contributed by atoms with Gasteiger partial charge in [-0.2, -0.15) is 0 Å². The van der Waals surface area contributed by atoms with Gasteiger partial charge >= 0.3 is 0 Å². The molecule has 0 saturated heterocycles. The van der Waals surface area contributed by atoms with Crippen LogP contribution in [0.25, 0.3) is 0 Å². The first-order valence-electron chi connectivity index (χ1n) is 5.90. The molecule has 16 heavy (non-hydrogen) atoms. The molecule has 0 spiro atoms. The van der Waals surface area contributed by atoms with E-state index in [0.29, 0.717) is 12.0 Å². The first kappa shape index (κ1) is 11.4. The Morgan fingerprint density at radius 3 is 3.00 bits per heavy atom. The number of hydrogen-bond donors (Lipinski definition) is 2.